The maximum Gasteiger partial charge on any atom is 0.102 e. The Morgan fingerprint density at radius 2 is 2.31 bits per heavy atom. The highest BCUT2D eigenvalue weighted by Gasteiger charge is 2.07. The molecule has 6 heteroatoms. The van der Waals surface area contributed by atoms with Gasteiger partial charge >= 0.3 is 0 Å². The van der Waals surface area contributed by atoms with Crippen molar-refractivity contribution in [3.8, 4) is 0 Å². The summed E-state index contributed by atoms with van der Waals surface area (Å²) in [5, 5.41) is 7.91. The second kappa shape index (κ2) is 4.18. The summed E-state index contributed by atoms with van der Waals surface area (Å²) in [6.45, 7) is 0.669. The van der Waals surface area contributed by atoms with Gasteiger partial charge in [-0.2, -0.15) is 0 Å². The topological polar surface area (TPSA) is 72.9 Å². The number of nitrogens with two attached hydrogens (primary N) is 1. The zero-order chi connectivity index (χ0) is 11.5. The Morgan fingerprint density at radius 1 is 1.50 bits per heavy atom. The molecule has 0 unspecified atom stereocenters. The van der Waals surface area contributed by atoms with E-state index in [-0.39, 0.29) is 0 Å². The van der Waals surface area contributed by atoms with Crippen LogP contribution < -0.4 is 10.6 Å². The highest BCUT2D eigenvalue weighted by atomic mass is 15.4. The molecule has 0 spiro atoms. The normalized spacial score (nSPS) is 10.4. The Morgan fingerprint density at radius 3 is 2.94 bits per heavy atom. The van der Waals surface area contributed by atoms with Gasteiger partial charge in [-0.25, -0.2) is 0 Å². The zero-order valence-electron chi connectivity index (χ0n) is 9.33. The summed E-state index contributed by atoms with van der Waals surface area (Å²) in [5.74, 6) is 0. The van der Waals surface area contributed by atoms with Gasteiger partial charge in [-0.3, -0.25) is 9.67 Å². The highest BCUT2D eigenvalue weighted by Crippen LogP contribution is 2.20. The third-order valence-electron chi connectivity index (χ3n) is 2.29. The third-order valence-corrected chi connectivity index (χ3v) is 2.29. The van der Waals surface area contributed by atoms with Gasteiger partial charge < -0.3 is 10.6 Å². The largest absolute Gasteiger partial charge is 0.396 e. The third kappa shape index (κ3) is 2.10. The van der Waals surface area contributed by atoms with Gasteiger partial charge in [0, 0.05) is 26.5 Å². The molecule has 0 atom stereocenters. The van der Waals surface area contributed by atoms with E-state index in [1.165, 1.54) is 0 Å². The van der Waals surface area contributed by atoms with E-state index < -0.39 is 0 Å². The molecule has 0 bridgehead atoms. The van der Waals surface area contributed by atoms with Crippen LogP contribution in [0.3, 0.4) is 0 Å². The number of pyridine rings is 1. The molecule has 0 amide bonds. The van der Waals surface area contributed by atoms with Crippen LogP contribution in [0, 0.1) is 0 Å². The van der Waals surface area contributed by atoms with Crippen molar-refractivity contribution in [2.45, 2.75) is 6.54 Å². The summed E-state index contributed by atoms with van der Waals surface area (Å²) in [7, 11) is 3.80. The lowest BCUT2D eigenvalue weighted by Crippen LogP contribution is -2.18. The van der Waals surface area contributed by atoms with Crippen molar-refractivity contribution in [3.05, 3.63) is 30.4 Å². The van der Waals surface area contributed by atoms with Crippen LogP contribution in [0.1, 0.15) is 5.69 Å². The molecule has 2 aromatic rings. The minimum Gasteiger partial charge on any atom is -0.396 e. The van der Waals surface area contributed by atoms with Gasteiger partial charge in [0.15, 0.2) is 0 Å². The van der Waals surface area contributed by atoms with Crippen LogP contribution in [-0.2, 0) is 13.6 Å². The summed E-state index contributed by atoms with van der Waals surface area (Å²) < 4.78 is 1.68. The molecule has 6 nitrogen and oxygen atoms in total. The number of aromatic nitrogens is 4. The fraction of sp³-hybridized carbons (Fsp3) is 0.300. The van der Waals surface area contributed by atoms with Gasteiger partial charge in [-0.1, -0.05) is 5.21 Å². The molecule has 2 aromatic heterocycles. The van der Waals surface area contributed by atoms with Crippen LogP contribution in [0.2, 0.25) is 0 Å². The summed E-state index contributed by atoms with van der Waals surface area (Å²) in [4.78, 5) is 5.97. The van der Waals surface area contributed by atoms with E-state index in [0.29, 0.717) is 12.2 Å². The number of hydrogen-bond acceptors (Lipinski definition) is 5. The first-order chi connectivity index (χ1) is 7.66. The second-order valence-electron chi connectivity index (χ2n) is 3.67. The van der Waals surface area contributed by atoms with E-state index in [2.05, 4.69) is 15.3 Å². The summed E-state index contributed by atoms with van der Waals surface area (Å²) in [6, 6.07) is 1.88. The molecule has 0 saturated heterocycles. The lowest BCUT2D eigenvalue weighted by molar-refractivity contribution is 0.712. The summed E-state index contributed by atoms with van der Waals surface area (Å²) >= 11 is 0. The van der Waals surface area contributed by atoms with Crippen LogP contribution in [0.4, 0.5) is 11.4 Å². The van der Waals surface area contributed by atoms with Crippen molar-refractivity contribution < 1.29 is 0 Å². The molecule has 0 aromatic carbocycles. The van der Waals surface area contributed by atoms with Crippen LogP contribution in [0.25, 0.3) is 0 Å². The van der Waals surface area contributed by atoms with Crippen molar-refractivity contribution in [1.82, 2.24) is 20.0 Å². The van der Waals surface area contributed by atoms with Crippen LogP contribution in [0.15, 0.2) is 24.7 Å². The Kier molecular flexibility index (Phi) is 2.72. The number of nitrogens with zero attached hydrogens (tertiary/aromatic N) is 5. The van der Waals surface area contributed by atoms with E-state index in [9.17, 15) is 0 Å². The van der Waals surface area contributed by atoms with Gasteiger partial charge in [-0.05, 0) is 6.07 Å². The van der Waals surface area contributed by atoms with Crippen molar-refractivity contribution in [1.29, 1.82) is 0 Å². The molecule has 2 rings (SSSR count). The highest BCUT2D eigenvalue weighted by molar-refractivity contribution is 5.65. The molecule has 0 aliphatic carbocycles. The van der Waals surface area contributed by atoms with E-state index in [1.54, 1.807) is 17.1 Å². The SMILES string of the molecule is CN(Cc1cn(C)nn1)c1ccncc1N. The second-order valence-corrected chi connectivity index (χ2v) is 3.67. The maximum absolute atomic E-state index is 5.83. The minimum atomic E-state index is 0.661. The number of anilines is 2. The molecular weight excluding hydrogens is 204 g/mol. The lowest BCUT2D eigenvalue weighted by atomic mass is 10.3. The number of nitrogen functional groups attached to an aromatic ring is 1. The van der Waals surface area contributed by atoms with Crippen LogP contribution in [-0.4, -0.2) is 27.0 Å². The van der Waals surface area contributed by atoms with Crippen LogP contribution in [0.5, 0.6) is 0 Å². The van der Waals surface area contributed by atoms with Crippen LogP contribution >= 0.6 is 0 Å². The lowest BCUT2D eigenvalue weighted by Gasteiger charge is -2.19. The molecule has 16 heavy (non-hydrogen) atoms. The Labute approximate surface area is 93.7 Å². The number of aryl methyl sites for hydroxylation is 1. The zero-order valence-corrected chi connectivity index (χ0v) is 9.33. The molecular formula is C10H14N6. The van der Waals surface area contributed by atoms with Crippen molar-refractivity contribution in [2.75, 3.05) is 17.7 Å². The molecule has 0 radical (unpaired) electrons. The smallest absolute Gasteiger partial charge is 0.102 e. The molecule has 0 aliphatic heterocycles. The van der Waals surface area contributed by atoms with Gasteiger partial charge in [0.2, 0.25) is 0 Å². The summed E-state index contributed by atoms with van der Waals surface area (Å²) in [6.07, 6.45) is 5.25. The van der Waals surface area contributed by atoms with Crippen molar-refractivity contribution in [2.24, 2.45) is 7.05 Å². The first-order valence-corrected chi connectivity index (χ1v) is 4.92. The van der Waals surface area contributed by atoms with Gasteiger partial charge in [-0.15, -0.1) is 5.10 Å². The van der Waals surface area contributed by atoms with Gasteiger partial charge in [0.25, 0.3) is 0 Å². The Bertz CT molecular complexity index is 478. The fourth-order valence-corrected chi connectivity index (χ4v) is 1.54. The average Bonchev–Trinajstić information content (AvgIpc) is 2.64. The van der Waals surface area contributed by atoms with Crippen molar-refractivity contribution in [3.63, 3.8) is 0 Å². The molecule has 0 fully saturated rings. The molecule has 0 aliphatic rings. The predicted molar refractivity (Wildman–Crippen MR) is 61.8 cm³/mol. The van der Waals surface area contributed by atoms with Crippen molar-refractivity contribution >= 4 is 11.4 Å². The quantitative estimate of drug-likeness (QED) is 0.808. The summed E-state index contributed by atoms with van der Waals surface area (Å²) in [5.41, 5.74) is 8.34. The number of rotatable bonds is 3. The Hall–Kier alpha value is -2.11. The van der Waals surface area contributed by atoms with E-state index >= 15 is 0 Å². The minimum absolute atomic E-state index is 0.661. The Balaban J connectivity index is 2.14. The monoisotopic (exact) mass is 218 g/mol. The van der Waals surface area contributed by atoms with E-state index in [0.717, 1.165) is 11.4 Å². The molecule has 0 saturated carbocycles. The molecule has 2 heterocycles. The maximum atomic E-state index is 5.83. The fourth-order valence-electron chi connectivity index (χ4n) is 1.54. The van der Waals surface area contributed by atoms with Gasteiger partial charge in [0.1, 0.15) is 5.69 Å². The van der Waals surface area contributed by atoms with Gasteiger partial charge in [0.05, 0.1) is 24.1 Å². The standard InChI is InChI=1S/C10H14N6/c1-15(6-8-7-16(2)14-13-8)10-3-4-12-5-9(10)11/h3-5,7H,6,11H2,1-2H3. The first-order valence-electron chi connectivity index (χ1n) is 4.92. The average molecular weight is 218 g/mol. The van der Waals surface area contributed by atoms with E-state index in [4.69, 9.17) is 5.73 Å². The molecule has 2 N–H and O–H groups in total. The van der Waals surface area contributed by atoms with E-state index in [1.807, 2.05) is 31.3 Å². The first kappa shape index (κ1) is 10.4. The number of hydrogen-bond donors (Lipinski definition) is 1. The molecule has 84 valence electrons. The predicted octanol–water partition coefficient (Wildman–Crippen LogP) is 0.429.